The fraction of sp³-hybridized carbons (Fsp3) is 0.143. The number of fused-ring (bicyclic) bond motifs is 1. The number of methoxy groups -OCH3 is 1. The van der Waals surface area contributed by atoms with Gasteiger partial charge in [-0.3, -0.25) is 4.79 Å². The van der Waals surface area contributed by atoms with Crippen LogP contribution in [0.4, 0.5) is 0 Å². The molecule has 1 N–H and O–H groups in total. The van der Waals surface area contributed by atoms with Crippen LogP contribution in [0, 0.1) is 0 Å². The first-order chi connectivity index (χ1) is 16.7. The zero-order valence-corrected chi connectivity index (χ0v) is 19.2. The number of hydrazone groups is 1. The number of ether oxygens (including phenoxy) is 3. The third-order valence-corrected chi connectivity index (χ3v) is 5.24. The molecule has 1 amide bonds. The molecule has 0 fully saturated rings. The SMILES string of the molecule is CCOc1cc(/C=N\NC(=O)c2cccc(OC)c2)ccc1OCc1cccc2ccccc12. The van der Waals surface area contributed by atoms with Gasteiger partial charge in [0, 0.05) is 5.56 Å². The Morgan fingerprint density at radius 3 is 2.59 bits per heavy atom. The van der Waals surface area contributed by atoms with Crippen molar-refractivity contribution < 1.29 is 19.0 Å². The van der Waals surface area contributed by atoms with Gasteiger partial charge >= 0.3 is 0 Å². The zero-order valence-electron chi connectivity index (χ0n) is 19.2. The van der Waals surface area contributed by atoms with Crippen LogP contribution in [-0.2, 0) is 6.61 Å². The van der Waals surface area contributed by atoms with E-state index in [1.807, 2.05) is 43.3 Å². The second-order valence-corrected chi connectivity index (χ2v) is 7.50. The molecule has 0 saturated carbocycles. The normalized spacial score (nSPS) is 10.9. The number of amides is 1. The second kappa shape index (κ2) is 11.0. The number of nitrogens with zero attached hydrogens (tertiary/aromatic N) is 1. The van der Waals surface area contributed by atoms with E-state index in [0.29, 0.717) is 36.0 Å². The maximum atomic E-state index is 12.3. The summed E-state index contributed by atoms with van der Waals surface area (Å²) in [5.74, 6) is 1.55. The smallest absolute Gasteiger partial charge is 0.271 e. The highest BCUT2D eigenvalue weighted by Gasteiger charge is 2.09. The highest BCUT2D eigenvalue weighted by molar-refractivity contribution is 5.95. The summed E-state index contributed by atoms with van der Waals surface area (Å²) in [6.45, 7) is 2.84. The summed E-state index contributed by atoms with van der Waals surface area (Å²) in [4.78, 5) is 12.3. The summed E-state index contributed by atoms with van der Waals surface area (Å²) >= 11 is 0. The summed E-state index contributed by atoms with van der Waals surface area (Å²) in [6, 6.07) is 26.8. The van der Waals surface area contributed by atoms with E-state index >= 15 is 0 Å². The molecule has 6 nitrogen and oxygen atoms in total. The minimum Gasteiger partial charge on any atom is -0.497 e. The van der Waals surface area contributed by atoms with Gasteiger partial charge in [0.05, 0.1) is 19.9 Å². The lowest BCUT2D eigenvalue weighted by molar-refractivity contribution is 0.0955. The van der Waals surface area contributed by atoms with E-state index in [-0.39, 0.29) is 5.91 Å². The van der Waals surface area contributed by atoms with Gasteiger partial charge < -0.3 is 14.2 Å². The van der Waals surface area contributed by atoms with E-state index in [2.05, 4.69) is 34.8 Å². The van der Waals surface area contributed by atoms with E-state index in [1.165, 1.54) is 10.8 Å². The van der Waals surface area contributed by atoms with E-state index in [1.54, 1.807) is 37.6 Å². The topological polar surface area (TPSA) is 69.2 Å². The molecule has 0 aliphatic carbocycles. The first-order valence-corrected chi connectivity index (χ1v) is 11.0. The Labute approximate surface area is 198 Å². The largest absolute Gasteiger partial charge is 0.497 e. The van der Waals surface area contributed by atoms with Gasteiger partial charge in [0.2, 0.25) is 0 Å². The summed E-state index contributed by atoms with van der Waals surface area (Å²) in [7, 11) is 1.56. The number of rotatable bonds is 9. The van der Waals surface area contributed by atoms with Crippen molar-refractivity contribution in [3.63, 3.8) is 0 Å². The van der Waals surface area contributed by atoms with E-state index in [4.69, 9.17) is 14.2 Å². The molecule has 0 radical (unpaired) electrons. The van der Waals surface area contributed by atoms with Crippen LogP contribution in [0.5, 0.6) is 17.2 Å². The molecule has 0 aromatic heterocycles. The average Bonchev–Trinajstić information content (AvgIpc) is 2.88. The van der Waals surface area contributed by atoms with Crippen molar-refractivity contribution in [2.45, 2.75) is 13.5 Å². The van der Waals surface area contributed by atoms with Crippen LogP contribution < -0.4 is 19.6 Å². The summed E-state index contributed by atoms with van der Waals surface area (Å²) in [5.41, 5.74) is 4.87. The molecular weight excluding hydrogens is 428 g/mol. The van der Waals surface area contributed by atoms with Crippen molar-refractivity contribution >= 4 is 22.9 Å². The summed E-state index contributed by atoms with van der Waals surface area (Å²) in [5, 5.41) is 6.41. The molecule has 0 bridgehead atoms. The Bertz CT molecular complexity index is 1310. The van der Waals surface area contributed by atoms with Crippen molar-refractivity contribution in [2.24, 2.45) is 5.10 Å². The fourth-order valence-corrected chi connectivity index (χ4v) is 3.56. The van der Waals surface area contributed by atoms with Crippen LogP contribution in [-0.4, -0.2) is 25.8 Å². The van der Waals surface area contributed by atoms with Crippen molar-refractivity contribution in [3.05, 3.63) is 102 Å². The van der Waals surface area contributed by atoms with Crippen molar-refractivity contribution in [3.8, 4) is 17.2 Å². The maximum absolute atomic E-state index is 12.3. The lowest BCUT2D eigenvalue weighted by Gasteiger charge is -2.13. The van der Waals surface area contributed by atoms with Gasteiger partial charge in [-0.25, -0.2) is 5.43 Å². The molecule has 4 aromatic rings. The van der Waals surface area contributed by atoms with E-state index in [9.17, 15) is 4.79 Å². The van der Waals surface area contributed by atoms with Crippen LogP contribution >= 0.6 is 0 Å². The predicted molar refractivity (Wildman–Crippen MR) is 134 cm³/mol. The molecule has 172 valence electrons. The third-order valence-electron chi connectivity index (χ3n) is 5.24. The lowest BCUT2D eigenvalue weighted by atomic mass is 10.1. The Hall–Kier alpha value is -4.32. The summed E-state index contributed by atoms with van der Waals surface area (Å²) < 4.78 is 17.0. The number of hydrogen-bond donors (Lipinski definition) is 1. The van der Waals surface area contributed by atoms with Gasteiger partial charge in [-0.15, -0.1) is 0 Å². The molecule has 0 aliphatic rings. The second-order valence-electron chi connectivity index (χ2n) is 7.50. The van der Waals surface area contributed by atoms with Crippen molar-refractivity contribution in [1.82, 2.24) is 5.43 Å². The predicted octanol–water partition coefficient (Wildman–Crippen LogP) is 5.59. The first-order valence-electron chi connectivity index (χ1n) is 11.0. The number of carbonyl (C=O) groups is 1. The van der Waals surface area contributed by atoms with E-state index < -0.39 is 0 Å². The molecule has 0 spiro atoms. The van der Waals surface area contributed by atoms with Crippen LogP contribution in [0.2, 0.25) is 0 Å². The number of carbonyl (C=O) groups excluding carboxylic acids is 1. The maximum Gasteiger partial charge on any atom is 0.271 e. The third kappa shape index (κ3) is 5.53. The highest BCUT2D eigenvalue weighted by Crippen LogP contribution is 2.30. The van der Waals surface area contributed by atoms with Gasteiger partial charge in [0.15, 0.2) is 11.5 Å². The molecule has 0 heterocycles. The standard InChI is InChI=1S/C28H26N2O4/c1-3-33-27-16-20(18-29-30-28(31)22-10-7-12-24(17-22)32-2)14-15-26(27)34-19-23-11-6-9-21-8-4-5-13-25(21)23/h4-18H,3,19H2,1-2H3,(H,30,31)/b29-18-. The zero-order chi connectivity index (χ0) is 23.8. The van der Waals surface area contributed by atoms with Gasteiger partial charge in [-0.1, -0.05) is 48.5 Å². The van der Waals surface area contributed by atoms with Crippen LogP contribution in [0.15, 0.2) is 90.0 Å². The number of nitrogens with one attached hydrogen (secondary N) is 1. The van der Waals surface area contributed by atoms with Crippen LogP contribution in [0.25, 0.3) is 10.8 Å². The minimum atomic E-state index is -0.324. The quantitative estimate of drug-likeness (QED) is 0.264. The molecule has 0 atom stereocenters. The Balaban J connectivity index is 1.45. The number of benzene rings is 4. The molecular formula is C28H26N2O4. The van der Waals surface area contributed by atoms with Gasteiger partial charge in [-0.2, -0.15) is 5.10 Å². The molecule has 4 aromatic carbocycles. The number of hydrogen-bond acceptors (Lipinski definition) is 5. The molecule has 34 heavy (non-hydrogen) atoms. The summed E-state index contributed by atoms with van der Waals surface area (Å²) in [6.07, 6.45) is 1.56. The first kappa shape index (κ1) is 22.9. The Kier molecular flexibility index (Phi) is 7.40. The molecule has 6 heteroatoms. The Morgan fingerprint density at radius 2 is 1.74 bits per heavy atom. The van der Waals surface area contributed by atoms with Crippen molar-refractivity contribution in [2.75, 3.05) is 13.7 Å². The molecule has 0 aliphatic heterocycles. The van der Waals surface area contributed by atoms with Crippen molar-refractivity contribution in [1.29, 1.82) is 0 Å². The average molecular weight is 455 g/mol. The van der Waals surface area contributed by atoms with Gasteiger partial charge in [0.1, 0.15) is 12.4 Å². The fourth-order valence-electron chi connectivity index (χ4n) is 3.56. The highest BCUT2D eigenvalue weighted by atomic mass is 16.5. The Morgan fingerprint density at radius 1 is 0.912 bits per heavy atom. The molecule has 0 unspecified atom stereocenters. The monoisotopic (exact) mass is 454 g/mol. The minimum absolute atomic E-state index is 0.324. The lowest BCUT2D eigenvalue weighted by Crippen LogP contribution is -2.17. The van der Waals surface area contributed by atoms with Gasteiger partial charge in [0.25, 0.3) is 5.91 Å². The van der Waals surface area contributed by atoms with E-state index in [0.717, 1.165) is 11.1 Å². The molecule has 4 rings (SSSR count). The van der Waals surface area contributed by atoms with Crippen LogP contribution in [0.3, 0.4) is 0 Å². The van der Waals surface area contributed by atoms with Crippen LogP contribution in [0.1, 0.15) is 28.4 Å². The molecule has 0 saturated heterocycles. The van der Waals surface area contributed by atoms with Gasteiger partial charge in [-0.05, 0) is 65.2 Å².